The molecule has 1 aliphatic rings. The van der Waals surface area contributed by atoms with Gasteiger partial charge >= 0.3 is 0 Å². The van der Waals surface area contributed by atoms with Crippen LogP contribution in [0.15, 0.2) is 30.6 Å². The van der Waals surface area contributed by atoms with Crippen molar-refractivity contribution in [2.24, 2.45) is 0 Å². The third-order valence-electron chi connectivity index (χ3n) is 4.77. The van der Waals surface area contributed by atoms with Gasteiger partial charge in [0.2, 0.25) is 5.65 Å². The van der Waals surface area contributed by atoms with Crippen LogP contribution in [0.2, 0.25) is 0 Å². The molecule has 8 heteroatoms. The van der Waals surface area contributed by atoms with Crippen LogP contribution < -0.4 is 4.90 Å². The molecule has 0 unspecified atom stereocenters. The zero-order valence-electron chi connectivity index (χ0n) is 14.6. The molecular weight excluding hydrogens is 338 g/mol. The van der Waals surface area contributed by atoms with Gasteiger partial charge in [0.25, 0.3) is 0 Å². The van der Waals surface area contributed by atoms with Gasteiger partial charge in [-0.25, -0.2) is 13.8 Å². The van der Waals surface area contributed by atoms with Crippen molar-refractivity contribution in [3.05, 3.63) is 53.6 Å². The van der Waals surface area contributed by atoms with Gasteiger partial charge in [0.05, 0.1) is 0 Å². The largest absolute Gasteiger partial charge is 0.352 e. The lowest BCUT2D eigenvalue weighted by Crippen LogP contribution is -2.31. The lowest BCUT2D eigenvalue weighted by molar-refractivity contribution is 0.280. The molecule has 1 fully saturated rings. The highest BCUT2D eigenvalue weighted by Gasteiger charge is 2.20. The third-order valence-corrected chi connectivity index (χ3v) is 4.77. The van der Waals surface area contributed by atoms with Gasteiger partial charge in [-0.1, -0.05) is 0 Å². The Hall–Kier alpha value is -2.61. The van der Waals surface area contributed by atoms with E-state index in [1.807, 2.05) is 17.5 Å². The van der Waals surface area contributed by atoms with Crippen molar-refractivity contribution in [2.45, 2.75) is 19.9 Å². The summed E-state index contributed by atoms with van der Waals surface area (Å²) in [4.78, 5) is 8.83. The highest BCUT2D eigenvalue weighted by Crippen LogP contribution is 2.20. The summed E-state index contributed by atoms with van der Waals surface area (Å²) >= 11 is 0. The fourth-order valence-corrected chi connectivity index (χ4v) is 3.40. The monoisotopic (exact) mass is 358 g/mol. The van der Waals surface area contributed by atoms with Crippen LogP contribution in [0.3, 0.4) is 0 Å². The van der Waals surface area contributed by atoms with Crippen LogP contribution in [0.25, 0.3) is 5.65 Å². The Kier molecular flexibility index (Phi) is 4.50. The molecule has 0 atom stereocenters. The Morgan fingerprint density at radius 1 is 1.08 bits per heavy atom. The van der Waals surface area contributed by atoms with Crippen molar-refractivity contribution >= 4 is 11.5 Å². The molecule has 1 saturated heterocycles. The van der Waals surface area contributed by atoms with Crippen molar-refractivity contribution in [2.75, 3.05) is 31.1 Å². The number of benzene rings is 1. The second-order valence-electron chi connectivity index (χ2n) is 6.54. The molecule has 0 N–H and O–H groups in total. The zero-order valence-corrected chi connectivity index (χ0v) is 14.6. The lowest BCUT2D eigenvalue weighted by Gasteiger charge is -2.23. The molecule has 26 heavy (non-hydrogen) atoms. The van der Waals surface area contributed by atoms with Crippen molar-refractivity contribution in [1.29, 1.82) is 0 Å². The van der Waals surface area contributed by atoms with Gasteiger partial charge in [-0.2, -0.15) is 0 Å². The molecular formula is C18H20F2N6. The van der Waals surface area contributed by atoms with E-state index in [-0.39, 0.29) is 5.82 Å². The molecule has 0 aliphatic carbocycles. The van der Waals surface area contributed by atoms with E-state index >= 15 is 0 Å². The summed E-state index contributed by atoms with van der Waals surface area (Å²) in [5.74, 6) is 0.863. The van der Waals surface area contributed by atoms with Gasteiger partial charge < -0.3 is 4.90 Å². The first-order valence-electron chi connectivity index (χ1n) is 8.69. The second-order valence-corrected chi connectivity index (χ2v) is 6.54. The molecule has 0 radical (unpaired) electrons. The van der Waals surface area contributed by atoms with E-state index in [0.29, 0.717) is 12.1 Å². The number of nitrogens with zero attached hydrogens (tertiary/aromatic N) is 6. The SMILES string of the molecule is Cc1nnc2c(N3CCCN(Cc4cc(F)ccc4F)CC3)nccn12. The number of hydrogen-bond acceptors (Lipinski definition) is 5. The third kappa shape index (κ3) is 3.24. The van der Waals surface area contributed by atoms with Gasteiger partial charge in [0.15, 0.2) is 5.82 Å². The van der Waals surface area contributed by atoms with Gasteiger partial charge in [-0.15, -0.1) is 10.2 Å². The first kappa shape index (κ1) is 16.8. The molecule has 0 saturated carbocycles. The summed E-state index contributed by atoms with van der Waals surface area (Å²) in [5, 5.41) is 8.36. The highest BCUT2D eigenvalue weighted by atomic mass is 19.1. The van der Waals surface area contributed by atoms with Crippen LogP contribution in [0.5, 0.6) is 0 Å². The topological polar surface area (TPSA) is 49.6 Å². The van der Waals surface area contributed by atoms with E-state index in [2.05, 4.69) is 25.0 Å². The minimum absolute atomic E-state index is 0.363. The van der Waals surface area contributed by atoms with Crippen molar-refractivity contribution < 1.29 is 8.78 Å². The number of aryl methyl sites for hydroxylation is 1. The number of hydrogen-bond donors (Lipinski definition) is 0. The Morgan fingerprint density at radius 2 is 1.96 bits per heavy atom. The van der Waals surface area contributed by atoms with Crippen LogP contribution in [-0.4, -0.2) is 50.7 Å². The first-order valence-corrected chi connectivity index (χ1v) is 8.69. The average molecular weight is 358 g/mol. The molecule has 6 nitrogen and oxygen atoms in total. The van der Waals surface area contributed by atoms with Crippen LogP contribution in [-0.2, 0) is 6.54 Å². The first-order chi connectivity index (χ1) is 12.6. The number of halogens is 2. The second kappa shape index (κ2) is 6.95. The predicted molar refractivity (Wildman–Crippen MR) is 94.0 cm³/mol. The van der Waals surface area contributed by atoms with Gasteiger partial charge in [0.1, 0.15) is 17.5 Å². The van der Waals surface area contributed by atoms with E-state index in [9.17, 15) is 8.78 Å². The van der Waals surface area contributed by atoms with Crippen molar-refractivity contribution in [3.8, 4) is 0 Å². The number of aromatic nitrogens is 4. The molecule has 3 heterocycles. The van der Waals surface area contributed by atoms with Crippen LogP contribution in [0, 0.1) is 18.6 Å². The summed E-state index contributed by atoms with van der Waals surface area (Å²) in [7, 11) is 0. The van der Waals surface area contributed by atoms with E-state index in [0.717, 1.165) is 56.0 Å². The Labute approximate surface area is 150 Å². The maximum atomic E-state index is 13.9. The van der Waals surface area contributed by atoms with E-state index < -0.39 is 5.82 Å². The Bertz CT molecular complexity index is 925. The summed E-state index contributed by atoms with van der Waals surface area (Å²) < 4.78 is 29.2. The fourth-order valence-electron chi connectivity index (χ4n) is 3.40. The number of anilines is 1. The standard InChI is InChI=1S/C18H20F2N6/c1-13-22-23-18-17(21-5-8-26(13)18)25-7-2-6-24(9-10-25)12-14-11-15(19)3-4-16(14)20/h3-5,8,11H,2,6-7,9-10,12H2,1H3. The predicted octanol–water partition coefficient (Wildman–Crippen LogP) is 2.42. The van der Waals surface area contributed by atoms with E-state index in [1.54, 1.807) is 6.20 Å². The minimum atomic E-state index is -0.407. The highest BCUT2D eigenvalue weighted by molar-refractivity contribution is 5.63. The van der Waals surface area contributed by atoms with Gasteiger partial charge in [0, 0.05) is 50.7 Å². The molecule has 4 rings (SSSR count). The Balaban J connectivity index is 1.50. The fraction of sp³-hybridized carbons (Fsp3) is 0.389. The number of fused-ring (bicyclic) bond motifs is 1. The molecule has 0 spiro atoms. The maximum Gasteiger partial charge on any atom is 0.203 e. The molecule has 3 aromatic rings. The van der Waals surface area contributed by atoms with Gasteiger partial charge in [-0.3, -0.25) is 9.30 Å². The van der Waals surface area contributed by atoms with Crippen molar-refractivity contribution in [1.82, 2.24) is 24.5 Å². The van der Waals surface area contributed by atoms with Crippen LogP contribution in [0.4, 0.5) is 14.6 Å². The average Bonchev–Trinajstić information content (AvgIpc) is 2.87. The molecule has 0 bridgehead atoms. The number of rotatable bonds is 3. The van der Waals surface area contributed by atoms with E-state index in [4.69, 9.17) is 0 Å². The summed E-state index contributed by atoms with van der Waals surface area (Å²) in [6.07, 6.45) is 4.52. The molecule has 0 amide bonds. The van der Waals surface area contributed by atoms with Gasteiger partial charge in [-0.05, 0) is 31.5 Å². The summed E-state index contributed by atoms with van der Waals surface area (Å²) in [6, 6.07) is 3.61. The summed E-state index contributed by atoms with van der Waals surface area (Å²) in [5.41, 5.74) is 1.14. The molecule has 136 valence electrons. The van der Waals surface area contributed by atoms with Crippen LogP contribution >= 0.6 is 0 Å². The molecule has 1 aromatic carbocycles. The maximum absolute atomic E-state index is 13.9. The zero-order chi connectivity index (χ0) is 18.1. The molecule has 2 aromatic heterocycles. The van der Waals surface area contributed by atoms with Crippen LogP contribution in [0.1, 0.15) is 17.8 Å². The normalized spacial score (nSPS) is 16.2. The smallest absolute Gasteiger partial charge is 0.203 e. The van der Waals surface area contributed by atoms with Crippen molar-refractivity contribution in [3.63, 3.8) is 0 Å². The lowest BCUT2D eigenvalue weighted by atomic mass is 10.2. The molecule has 1 aliphatic heterocycles. The minimum Gasteiger partial charge on any atom is -0.352 e. The Morgan fingerprint density at radius 3 is 2.85 bits per heavy atom. The van der Waals surface area contributed by atoms with E-state index in [1.165, 1.54) is 12.1 Å². The summed E-state index contributed by atoms with van der Waals surface area (Å²) in [6.45, 7) is 5.45. The quantitative estimate of drug-likeness (QED) is 0.720.